The molecule has 0 fully saturated rings. The van der Waals surface area contributed by atoms with Crippen LogP contribution in [0.15, 0.2) is 60.2 Å². The molecule has 5 heteroatoms. The van der Waals surface area contributed by atoms with Gasteiger partial charge in [-0.05, 0) is 73.7 Å². The molecule has 0 aliphatic carbocycles. The molecule has 29 heavy (non-hydrogen) atoms. The molecule has 0 saturated heterocycles. The largest absolute Gasteiger partial charge is 0.497 e. The van der Waals surface area contributed by atoms with Gasteiger partial charge in [-0.1, -0.05) is 29.8 Å². The summed E-state index contributed by atoms with van der Waals surface area (Å²) in [4.78, 5) is 23.1. The van der Waals surface area contributed by atoms with E-state index in [1.54, 1.807) is 19.2 Å². The number of aliphatic carboxylic acids is 1. The van der Waals surface area contributed by atoms with Crippen molar-refractivity contribution in [2.75, 3.05) is 7.11 Å². The fourth-order valence-corrected chi connectivity index (χ4v) is 2.69. The number of carboxylic acid groups (broad SMARTS) is 1. The third-order valence-corrected chi connectivity index (χ3v) is 4.21. The lowest BCUT2D eigenvalue weighted by Crippen LogP contribution is -2.10. The SMILES string of the molecule is COc1cccc(CCC(=O)Oc2ccc(/C=C/C(=O)O)cc2CC=C(C)C)c1. The van der Waals surface area contributed by atoms with Gasteiger partial charge in [0, 0.05) is 12.5 Å². The average molecular weight is 394 g/mol. The van der Waals surface area contributed by atoms with Gasteiger partial charge in [0.2, 0.25) is 0 Å². The molecule has 0 bridgehead atoms. The van der Waals surface area contributed by atoms with Crippen molar-refractivity contribution >= 4 is 18.0 Å². The summed E-state index contributed by atoms with van der Waals surface area (Å²) in [6.07, 6.45) is 6.03. The van der Waals surface area contributed by atoms with Gasteiger partial charge in [-0.3, -0.25) is 4.79 Å². The van der Waals surface area contributed by atoms with E-state index in [9.17, 15) is 9.59 Å². The van der Waals surface area contributed by atoms with Crippen molar-refractivity contribution in [3.8, 4) is 11.5 Å². The molecule has 0 aliphatic rings. The van der Waals surface area contributed by atoms with E-state index in [1.165, 1.54) is 6.08 Å². The number of benzene rings is 2. The van der Waals surface area contributed by atoms with E-state index in [-0.39, 0.29) is 12.4 Å². The van der Waals surface area contributed by atoms with Gasteiger partial charge in [-0.15, -0.1) is 0 Å². The summed E-state index contributed by atoms with van der Waals surface area (Å²) in [5.74, 6) is -0.0838. The lowest BCUT2D eigenvalue weighted by molar-refractivity contribution is -0.134. The number of carbonyl (C=O) groups excluding carboxylic acids is 1. The van der Waals surface area contributed by atoms with Crippen LogP contribution in [0.5, 0.6) is 11.5 Å². The maximum Gasteiger partial charge on any atom is 0.328 e. The Balaban J connectivity index is 2.11. The van der Waals surface area contributed by atoms with Crippen LogP contribution in [0.2, 0.25) is 0 Å². The maximum absolute atomic E-state index is 12.4. The molecule has 0 heterocycles. The zero-order valence-corrected chi connectivity index (χ0v) is 17.0. The number of aryl methyl sites for hydroxylation is 1. The zero-order valence-electron chi connectivity index (χ0n) is 17.0. The second kappa shape index (κ2) is 10.9. The van der Waals surface area contributed by atoms with Crippen LogP contribution in [-0.2, 0) is 22.4 Å². The monoisotopic (exact) mass is 394 g/mol. The molecular weight excluding hydrogens is 368 g/mol. The van der Waals surface area contributed by atoms with E-state index in [0.29, 0.717) is 18.6 Å². The second-order valence-corrected chi connectivity index (χ2v) is 6.85. The minimum Gasteiger partial charge on any atom is -0.497 e. The first-order valence-corrected chi connectivity index (χ1v) is 9.38. The number of carbonyl (C=O) groups is 2. The van der Waals surface area contributed by atoms with Crippen molar-refractivity contribution in [1.29, 1.82) is 0 Å². The van der Waals surface area contributed by atoms with E-state index in [0.717, 1.165) is 34.1 Å². The third-order valence-electron chi connectivity index (χ3n) is 4.21. The molecule has 5 nitrogen and oxygen atoms in total. The van der Waals surface area contributed by atoms with Crippen LogP contribution in [0.1, 0.15) is 37.0 Å². The van der Waals surface area contributed by atoms with Crippen LogP contribution >= 0.6 is 0 Å². The Morgan fingerprint density at radius 1 is 1.10 bits per heavy atom. The smallest absolute Gasteiger partial charge is 0.328 e. The Hall–Kier alpha value is -3.34. The molecule has 0 aliphatic heterocycles. The van der Waals surface area contributed by atoms with Gasteiger partial charge < -0.3 is 14.6 Å². The zero-order chi connectivity index (χ0) is 21.2. The summed E-state index contributed by atoms with van der Waals surface area (Å²) in [6, 6.07) is 12.9. The number of rotatable bonds is 9. The van der Waals surface area contributed by atoms with Gasteiger partial charge in [0.15, 0.2) is 0 Å². The van der Waals surface area contributed by atoms with Gasteiger partial charge in [-0.25, -0.2) is 4.79 Å². The second-order valence-electron chi connectivity index (χ2n) is 6.85. The van der Waals surface area contributed by atoms with E-state index < -0.39 is 5.97 Å². The van der Waals surface area contributed by atoms with E-state index in [2.05, 4.69) is 0 Å². The molecule has 2 rings (SSSR count). The molecule has 0 saturated carbocycles. The Morgan fingerprint density at radius 3 is 2.59 bits per heavy atom. The first kappa shape index (κ1) is 22.0. The summed E-state index contributed by atoms with van der Waals surface area (Å²) < 4.78 is 10.8. The molecule has 0 aromatic heterocycles. The minimum atomic E-state index is -1.01. The molecule has 0 unspecified atom stereocenters. The van der Waals surface area contributed by atoms with E-state index in [4.69, 9.17) is 14.6 Å². The van der Waals surface area contributed by atoms with Gasteiger partial charge in [-0.2, -0.15) is 0 Å². The summed E-state index contributed by atoms with van der Waals surface area (Å²) >= 11 is 0. The normalized spacial score (nSPS) is 10.6. The first-order valence-electron chi connectivity index (χ1n) is 9.38. The number of methoxy groups -OCH3 is 1. The lowest BCUT2D eigenvalue weighted by Gasteiger charge is -2.11. The topological polar surface area (TPSA) is 72.8 Å². The predicted molar refractivity (Wildman–Crippen MR) is 113 cm³/mol. The van der Waals surface area contributed by atoms with Crippen LogP contribution in [0.4, 0.5) is 0 Å². The van der Waals surface area contributed by atoms with Crippen LogP contribution in [0.25, 0.3) is 6.08 Å². The Morgan fingerprint density at radius 2 is 1.90 bits per heavy atom. The highest BCUT2D eigenvalue weighted by atomic mass is 16.5. The summed E-state index contributed by atoms with van der Waals surface area (Å²) in [5.41, 5.74) is 3.71. The number of hydrogen-bond donors (Lipinski definition) is 1. The van der Waals surface area contributed by atoms with E-state index >= 15 is 0 Å². The predicted octanol–water partition coefficient (Wildman–Crippen LogP) is 4.84. The third kappa shape index (κ3) is 7.66. The molecule has 0 amide bonds. The molecule has 0 spiro atoms. The number of carboxylic acids is 1. The molecule has 0 radical (unpaired) electrons. The Kier molecular flexibility index (Phi) is 8.22. The standard InChI is InChI=1S/C24H26O5/c1-17(2)7-11-20-15-19(9-13-23(25)26)8-12-22(20)29-24(27)14-10-18-5-4-6-21(16-18)28-3/h4-9,12-13,15-16H,10-11,14H2,1-3H3,(H,25,26)/b13-9+. The number of esters is 1. The van der Waals surface area contributed by atoms with Crippen molar-refractivity contribution in [3.05, 3.63) is 76.9 Å². The highest BCUT2D eigenvalue weighted by Crippen LogP contribution is 2.23. The molecule has 2 aromatic carbocycles. The maximum atomic E-state index is 12.4. The first-order chi connectivity index (χ1) is 13.9. The molecule has 152 valence electrons. The van der Waals surface area contributed by atoms with Crippen molar-refractivity contribution < 1.29 is 24.2 Å². The van der Waals surface area contributed by atoms with Gasteiger partial charge in [0.25, 0.3) is 0 Å². The summed E-state index contributed by atoms with van der Waals surface area (Å²) in [7, 11) is 1.61. The number of allylic oxidation sites excluding steroid dienone is 2. The lowest BCUT2D eigenvalue weighted by atomic mass is 10.0. The Labute approximate surface area is 171 Å². The van der Waals surface area contributed by atoms with Crippen molar-refractivity contribution in [1.82, 2.24) is 0 Å². The van der Waals surface area contributed by atoms with Crippen molar-refractivity contribution in [2.45, 2.75) is 33.1 Å². The average Bonchev–Trinajstić information content (AvgIpc) is 2.70. The minimum absolute atomic E-state index is 0.246. The van der Waals surface area contributed by atoms with Gasteiger partial charge in [0.1, 0.15) is 11.5 Å². The highest BCUT2D eigenvalue weighted by molar-refractivity contribution is 5.85. The molecule has 2 aromatic rings. The fraction of sp³-hybridized carbons (Fsp3) is 0.250. The molecule has 0 atom stereocenters. The fourth-order valence-electron chi connectivity index (χ4n) is 2.69. The van der Waals surface area contributed by atoms with Crippen molar-refractivity contribution in [2.24, 2.45) is 0 Å². The quantitative estimate of drug-likeness (QED) is 0.285. The summed E-state index contributed by atoms with van der Waals surface area (Å²) in [6.45, 7) is 3.99. The van der Waals surface area contributed by atoms with Crippen LogP contribution < -0.4 is 9.47 Å². The van der Waals surface area contributed by atoms with Crippen molar-refractivity contribution in [3.63, 3.8) is 0 Å². The van der Waals surface area contributed by atoms with Gasteiger partial charge in [0.05, 0.1) is 7.11 Å². The highest BCUT2D eigenvalue weighted by Gasteiger charge is 2.10. The molecular formula is C24H26O5. The number of ether oxygens (including phenoxy) is 2. The summed E-state index contributed by atoms with van der Waals surface area (Å²) in [5, 5.41) is 8.81. The van der Waals surface area contributed by atoms with Crippen LogP contribution in [0.3, 0.4) is 0 Å². The van der Waals surface area contributed by atoms with E-state index in [1.807, 2.05) is 50.3 Å². The molecule has 1 N–H and O–H groups in total. The Bertz CT molecular complexity index is 921. The number of hydrogen-bond acceptors (Lipinski definition) is 4. The van der Waals surface area contributed by atoms with Crippen LogP contribution in [-0.4, -0.2) is 24.2 Å². The van der Waals surface area contributed by atoms with Gasteiger partial charge >= 0.3 is 11.9 Å². The van der Waals surface area contributed by atoms with Crippen LogP contribution in [0, 0.1) is 0 Å².